The van der Waals surface area contributed by atoms with E-state index >= 15 is 0 Å². The Balaban J connectivity index is 2.23. The minimum absolute atomic E-state index is 0.403. The molecule has 0 saturated carbocycles. The molecule has 2 rings (SSSR count). The van der Waals surface area contributed by atoms with Crippen LogP contribution in [0.3, 0.4) is 0 Å². The largest absolute Gasteiger partial charge is 0.493 e. The van der Waals surface area contributed by atoms with Crippen molar-refractivity contribution in [3.63, 3.8) is 0 Å². The average molecular weight is 313 g/mol. The average Bonchev–Trinajstić information content (AvgIpc) is 2.83. The first-order valence-corrected chi connectivity index (χ1v) is 7.50. The van der Waals surface area contributed by atoms with Crippen molar-refractivity contribution in [2.45, 2.75) is 20.0 Å². The topological polar surface area (TPSA) is 57.4 Å². The van der Waals surface area contributed by atoms with E-state index in [0.29, 0.717) is 36.1 Å². The van der Waals surface area contributed by atoms with Crippen LogP contribution in [0.2, 0.25) is 5.02 Å². The molecule has 0 fully saturated rings. The number of rotatable bonds is 6. The summed E-state index contributed by atoms with van der Waals surface area (Å²) in [5, 5.41) is 3.62. The number of methoxy groups -OCH3 is 1. The normalized spacial score (nSPS) is 10.6. The Bertz CT molecular complexity index is 587. The van der Waals surface area contributed by atoms with Gasteiger partial charge in [-0.1, -0.05) is 11.6 Å². The Morgan fingerprint density at radius 1 is 1.40 bits per heavy atom. The van der Waals surface area contributed by atoms with Gasteiger partial charge in [-0.05, 0) is 26.0 Å². The van der Waals surface area contributed by atoms with Crippen molar-refractivity contribution in [2.24, 2.45) is 5.73 Å². The van der Waals surface area contributed by atoms with Gasteiger partial charge in [0.25, 0.3) is 0 Å². The summed E-state index contributed by atoms with van der Waals surface area (Å²) >= 11 is 7.67. The fraction of sp³-hybridized carbons (Fsp3) is 0.357. The summed E-state index contributed by atoms with van der Waals surface area (Å²) in [7, 11) is 1.59. The van der Waals surface area contributed by atoms with Crippen molar-refractivity contribution >= 4 is 22.9 Å². The molecule has 0 radical (unpaired) electrons. The number of halogens is 1. The molecule has 0 saturated heterocycles. The third kappa shape index (κ3) is 3.62. The van der Waals surface area contributed by atoms with Gasteiger partial charge in [-0.2, -0.15) is 0 Å². The van der Waals surface area contributed by atoms with E-state index in [9.17, 15) is 0 Å². The van der Waals surface area contributed by atoms with Crippen molar-refractivity contribution < 1.29 is 9.47 Å². The Hall–Kier alpha value is -1.30. The molecule has 1 heterocycles. The molecule has 2 N–H and O–H groups in total. The Morgan fingerprint density at radius 3 is 2.80 bits per heavy atom. The lowest BCUT2D eigenvalue weighted by molar-refractivity contribution is 0.278. The molecule has 2 aromatic rings. The van der Waals surface area contributed by atoms with Crippen LogP contribution in [0.4, 0.5) is 0 Å². The van der Waals surface area contributed by atoms with Crippen molar-refractivity contribution in [3.05, 3.63) is 38.8 Å². The first-order valence-electron chi connectivity index (χ1n) is 6.24. The third-order valence-electron chi connectivity index (χ3n) is 2.76. The van der Waals surface area contributed by atoms with Crippen LogP contribution in [0.5, 0.6) is 11.5 Å². The summed E-state index contributed by atoms with van der Waals surface area (Å²) < 4.78 is 11.2. The van der Waals surface area contributed by atoms with Crippen LogP contribution in [0.15, 0.2) is 17.5 Å². The zero-order chi connectivity index (χ0) is 14.5. The van der Waals surface area contributed by atoms with E-state index in [2.05, 4.69) is 4.98 Å². The summed E-state index contributed by atoms with van der Waals surface area (Å²) in [4.78, 5) is 4.38. The van der Waals surface area contributed by atoms with Crippen molar-refractivity contribution in [1.82, 2.24) is 4.98 Å². The molecule has 0 atom stereocenters. The van der Waals surface area contributed by atoms with E-state index in [-0.39, 0.29) is 0 Å². The summed E-state index contributed by atoms with van der Waals surface area (Å²) in [6.07, 6.45) is 0.683. The van der Waals surface area contributed by atoms with E-state index in [1.54, 1.807) is 24.5 Å². The highest BCUT2D eigenvalue weighted by Gasteiger charge is 2.13. The van der Waals surface area contributed by atoms with Crippen LogP contribution < -0.4 is 15.2 Å². The molecule has 0 aliphatic rings. The van der Waals surface area contributed by atoms with Crippen LogP contribution in [0, 0.1) is 6.92 Å². The van der Waals surface area contributed by atoms with Gasteiger partial charge in [0.05, 0.1) is 17.8 Å². The zero-order valence-electron chi connectivity index (χ0n) is 11.5. The van der Waals surface area contributed by atoms with Crippen molar-refractivity contribution in [3.8, 4) is 11.5 Å². The van der Waals surface area contributed by atoms with E-state index in [1.165, 1.54) is 0 Å². The summed E-state index contributed by atoms with van der Waals surface area (Å²) in [6, 6.07) is 3.60. The highest BCUT2D eigenvalue weighted by atomic mass is 35.5. The number of ether oxygens (including phenoxy) is 2. The van der Waals surface area contributed by atoms with Crippen LogP contribution in [0.25, 0.3) is 0 Å². The van der Waals surface area contributed by atoms with Gasteiger partial charge in [0, 0.05) is 22.0 Å². The SMILES string of the molecule is COc1cc(Cl)cc(CCN)c1OCc1csc(C)n1. The predicted molar refractivity (Wildman–Crippen MR) is 81.9 cm³/mol. The third-order valence-corrected chi connectivity index (χ3v) is 3.80. The minimum Gasteiger partial charge on any atom is -0.493 e. The number of hydrogen-bond donors (Lipinski definition) is 1. The second kappa shape index (κ2) is 6.92. The molecule has 1 aromatic heterocycles. The number of benzene rings is 1. The molecule has 0 bridgehead atoms. The molecule has 20 heavy (non-hydrogen) atoms. The Labute approximate surface area is 127 Å². The molecule has 6 heteroatoms. The second-order valence-electron chi connectivity index (χ2n) is 4.28. The fourth-order valence-electron chi connectivity index (χ4n) is 1.90. The van der Waals surface area contributed by atoms with Gasteiger partial charge in [-0.25, -0.2) is 4.98 Å². The molecule has 0 aliphatic carbocycles. The van der Waals surface area contributed by atoms with E-state index in [0.717, 1.165) is 16.3 Å². The predicted octanol–water partition coefficient (Wildman–Crippen LogP) is 3.19. The maximum Gasteiger partial charge on any atom is 0.165 e. The standard InChI is InChI=1S/C14H17ClN2O2S/c1-9-17-12(8-20-9)7-19-14-10(3-4-16)5-11(15)6-13(14)18-2/h5-6,8H,3-4,7,16H2,1-2H3. The molecule has 0 spiro atoms. The van der Waals surface area contributed by atoms with Gasteiger partial charge in [-0.15, -0.1) is 11.3 Å². The van der Waals surface area contributed by atoms with E-state index < -0.39 is 0 Å². The number of thiazole rings is 1. The first-order chi connectivity index (χ1) is 9.63. The van der Waals surface area contributed by atoms with Gasteiger partial charge < -0.3 is 15.2 Å². The van der Waals surface area contributed by atoms with Crippen LogP contribution in [-0.4, -0.2) is 18.6 Å². The van der Waals surface area contributed by atoms with Gasteiger partial charge in [-0.3, -0.25) is 0 Å². The van der Waals surface area contributed by atoms with Crippen molar-refractivity contribution in [2.75, 3.05) is 13.7 Å². The maximum absolute atomic E-state index is 6.07. The number of nitrogens with two attached hydrogens (primary N) is 1. The van der Waals surface area contributed by atoms with E-state index in [4.69, 9.17) is 26.8 Å². The highest BCUT2D eigenvalue weighted by molar-refractivity contribution is 7.09. The summed E-state index contributed by atoms with van der Waals surface area (Å²) in [6.45, 7) is 2.90. The second-order valence-corrected chi connectivity index (χ2v) is 5.78. The van der Waals surface area contributed by atoms with Gasteiger partial charge in [0.15, 0.2) is 11.5 Å². The number of nitrogens with zero attached hydrogens (tertiary/aromatic N) is 1. The molecule has 108 valence electrons. The summed E-state index contributed by atoms with van der Waals surface area (Å²) in [5.74, 6) is 1.31. The molecule has 0 aliphatic heterocycles. The lowest BCUT2D eigenvalue weighted by Gasteiger charge is -2.15. The zero-order valence-corrected chi connectivity index (χ0v) is 13.1. The van der Waals surface area contributed by atoms with Crippen LogP contribution >= 0.6 is 22.9 Å². The smallest absolute Gasteiger partial charge is 0.165 e. The number of aromatic nitrogens is 1. The lowest BCUT2D eigenvalue weighted by atomic mass is 10.1. The molecule has 1 aromatic carbocycles. The summed E-state index contributed by atoms with van der Waals surface area (Å²) in [5.41, 5.74) is 7.49. The maximum atomic E-state index is 6.07. The van der Waals surface area contributed by atoms with E-state index in [1.807, 2.05) is 18.4 Å². The molecule has 0 amide bonds. The minimum atomic E-state index is 0.403. The molecular formula is C14H17ClN2O2S. The van der Waals surface area contributed by atoms with Crippen LogP contribution in [-0.2, 0) is 13.0 Å². The first kappa shape index (κ1) is 15.1. The quantitative estimate of drug-likeness (QED) is 0.890. The van der Waals surface area contributed by atoms with Crippen molar-refractivity contribution in [1.29, 1.82) is 0 Å². The van der Waals surface area contributed by atoms with Crippen LogP contribution in [0.1, 0.15) is 16.3 Å². The molecule has 0 unspecified atom stereocenters. The number of aryl methyl sites for hydroxylation is 1. The Kier molecular flexibility index (Phi) is 5.23. The van der Waals surface area contributed by atoms with Gasteiger partial charge in [0.2, 0.25) is 0 Å². The van der Waals surface area contributed by atoms with Gasteiger partial charge >= 0.3 is 0 Å². The Morgan fingerprint density at radius 2 is 2.20 bits per heavy atom. The van der Waals surface area contributed by atoms with Gasteiger partial charge in [0.1, 0.15) is 6.61 Å². The monoisotopic (exact) mass is 312 g/mol. The molecule has 4 nitrogen and oxygen atoms in total. The molecular weight excluding hydrogens is 296 g/mol. The number of hydrogen-bond acceptors (Lipinski definition) is 5. The highest BCUT2D eigenvalue weighted by Crippen LogP contribution is 2.35. The lowest BCUT2D eigenvalue weighted by Crippen LogP contribution is -2.07. The fourth-order valence-corrected chi connectivity index (χ4v) is 2.73.